The van der Waals surface area contributed by atoms with Gasteiger partial charge in [0.2, 0.25) is 0 Å². The Bertz CT molecular complexity index is 1030. The first-order chi connectivity index (χ1) is 13.0. The molecule has 0 atom stereocenters. The van der Waals surface area contributed by atoms with E-state index in [9.17, 15) is 9.59 Å². The van der Waals surface area contributed by atoms with Gasteiger partial charge in [-0.25, -0.2) is 4.98 Å². The third-order valence-electron chi connectivity index (χ3n) is 4.56. The molecule has 0 saturated heterocycles. The average Bonchev–Trinajstić information content (AvgIpc) is 2.67. The van der Waals surface area contributed by atoms with Crippen molar-refractivity contribution in [3.05, 3.63) is 69.8 Å². The van der Waals surface area contributed by atoms with Crippen LogP contribution in [0.25, 0.3) is 10.9 Å². The van der Waals surface area contributed by atoms with Crippen molar-refractivity contribution in [1.82, 2.24) is 14.9 Å². The molecule has 140 valence electrons. The van der Waals surface area contributed by atoms with Gasteiger partial charge in [-0.3, -0.25) is 14.5 Å². The number of Topliss-reactive ketones (excluding diaryl/α,β-unsaturated/α-hetero) is 1. The van der Waals surface area contributed by atoms with Crippen LogP contribution in [-0.2, 0) is 13.1 Å². The molecular formula is C21H23N3O3. The summed E-state index contributed by atoms with van der Waals surface area (Å²) in [7, 11) is 1.62. The molecule has 6 nitrogen and oxygen atoms in total. The number of fused-ring (bicyclic) bond motifs is 1. The fraction of sp³-hybridized carbons (Fsp3) is 0.286. The molecule has 0 radical (unpaired) electrons. The van der Waals surface area contributed by atoms with Gasteiger partial charge >= 0.3 is 0 Å². The first-order valence-corrected chi connectivity index (χ1v) is 8.90. The van der Waals surface area contributed by atoms with Gasteiger partial charge in [-0.15, -0.1) is 0 Å². The maximum Gasteiger partial charge on any atom is 0.258 e. The molecule has 3 rings (SSSR count). The summed E-state index contributed by atoms with van der Waals surface area (Å²) in [6.07, 6.45) is 0. The van der Waals surface area contributed by atoms with Crippen molar-refractivity contribution in [2.24, 2.45) is 0 Å². The number of ether oxygens (including phenoxy) is 1. The molecule has 0 unspecified atom stereocenters. The van der Waals surface area contributed by atoms with Crippen LogP contribution in [0.2, 0.25) is 0 Å². The minimum Gasteiger partial charge on any atom is -0.496 e. The lowest BCUT2D eigenvalue weighted by Gasteiger charge is -2.21. The number of ketones is 1. The molecular weight excluding hydrogens is 342 g/mol. The monoisotopic (exact) mass is 365 g/mol. The van der Waals surface area contributed by atoms with E-state index < -0.39 is 0 Å². The molecule has 0 bridgehead atoms. The van der Waals surface area contributed by atoms with Crippen molar-refractivity contribution in [2.75, 3.05) is 13.7 Å². The molecule has 3 aromatic rings. The SMILES string of the molecule is CCN(Cc1nc2ccccc2c(=O)[nH]1)Cc1cc(C(C)=O)ccc1OC. The number of hydrogen-bond acceptors (Lipinski definition) is 5. The lowest BCUT2D eigenvalue weighted by molar-refractivity contribution is 0.101. The Labute approximate surface area is 157 Å². The van der Waals surface area contributed by atoms with Gasteiger partial charge < -0.3 is 9.72 Å². The maximum absolute atomic E-state index is 12.3. The highest BCUT2D eigenvalue weighted by atomic mass is 16.5. The number of H-pyrrole nitrogens is 1. The second-order valence-corrected chi connectivity index (χ2v) is 6.42. The number of carbonyl (C=O) groups excluding carboxylic acids is 1. The highest BCUT2D eigenvalue weighted by Crippen LogP contribution is 2.22. The van der Waals surface area contributed by atoms with Gasteiger partial charge in [-0.2, -0.15) is 0 Å². The Balaban J connectivity index is 1.87. The maximum atomic E-state index is 12.3. The highest BCUT2D eigenvalue weighted by molar-refractivity contribution is 5.94. The first-order valence-electron chi connectivity index (χ1n) is 8.90. The summed E-state index contributed by atoms with van der Waals surface area (Å²) in [5.74, 6) is 1.36. The molecule has 0 fully saturated rings. The Morgan fingerprint density at radius 2 is 1.96 bits per heavy atom. The van der Waals surface area contributed by atoms with E-state index in [1.165, 1.54) is 0 Å². The van der Waals surface area contributed by atoms with E-state index in [2.05, 4.69) is 14.9 Å². The fourth-order valence-corrected chi connectivity index (χ4v) is 3.06. The summed E-state index contributed by atoms with van der Waals surface area (Å²) in [6, 6.07) is 12.7. The van der Waals surface area contributed by atoms with E-state index in [4.69, 9.17) is 4.74 Å². The predicted molar refractivity (Wildman–Crippen MR) is 105 cm³/mol. The molecule has 1 N–H and O–H groups in total. The zero-order chi connectivity index (χ0) is 19.4. The standard InChI is InChI=1S/C21H23N3O3/c1-4-24(12-16-11-15(14(2)25)9-10-19(16)27-3)13-20-22-18-8-6-5-7-17(18)21(26)23-20/h5-11H,4,12-13H2,1-3H3,(H,22,23,26). The van der Waals surface area contributed by atoms with Crippen LogP contribution >= 0.6 is 0 Å². The van der Waals surface area contributed by atoms with Crippen molar-refractivity contribution >= 4 is 16.7 Å². The Morgan fingerprint density at radius 1 is 1.19 bits per heavy atom. The third kappa shape index (κ3) is 4.23. The number of aromatic nitrogens is 2. The van der Waals surface area contributed by atoms with Crippen molar-refractivity contribution in [1.29, 1.82) is 0 Å². The smallest absolute Gasteiger partial charge is 0.258 e. The van der Waals surface area contributed by atoms with Crippen molar-refractivity contribution in [3.63, 3.8) is 0 Å². The Hall–Kier alpha value is -2.99. The fourth-order valence-electron chi connectivity index (χ4n) is 3.06. The normalized spacial score (nSPS) is 11.1. The summed E-state index contributed by atoms with van der Waals surface area (Å²) in [6.45, 7) is 5.42. The van der Waals surface area contributed by atoms with Crippen LogP contribution in [0.1, 0.15) is 35.6 Å². The van der Waals surface area contributed by atoms with Crippen LogP contribution in [0.4, 0.5) is 0 Å². The highest BCUT2D eigenvalue weighted by Gasteiger charge is 2.13. The van der Waals surface area contributed by atoms with Crippen molar-refractivity contribution < 1.29 is 9.53 Å². The van der Waals surface area contributed by atoms with Gasteiger partial charge in [-0.05, 0) is 43.8 Å². The minimum atomic E-state index is -0.136. The largest absolute Gasteiger partial charge is 0.496 e. The van der Waals surface area contributed by atoms with Crippen LogP contribution in [0.3, 0.4) is 0 Å². The number of rotatable bonds is 7. The van der Waals surface area contributed by atoms with Crippen LogP contribution < -0.4 is 10.3 Å². The van der Waals surface area contributed by atoms with Gasteiger partial charge in [0.15, 0.2) is 5.78 Å². The van der Waals surface area contributed by atoms with E-state index in [1.807, 2.05) is 37.3 Å². The molecule has 0 aliphatic carbocycles. The summed E-state index contributed by atoms with van der Waals surface area (Å²) in [5.41, 5.74) is 2.13. The van der Waals surface area contributed by atoms with E-state index in [0.717, 1.165) is 17.9 Å². The minimum absolute atomic E-state index is 0.0162. The molecule has 27 heavy (non-hydrogen) atoms. The van der Waals surface area contributed by atoms with Crippen LogP contribution in [0.15, 0.2) is 47.3 Å². The average molecular weight is 365 g/mol. The number of para-hydroxylation sites is 1. The summed E-state index contributed by atoms with van der Waals surface area (Å²) < 4.78 is 5.44. The molecule has 0 aliphatic heterocycles. The van der Waals surface area contributed by atoms with Gasteiger partial charge in [-0.1, -0.05) is 19.1 Å². The summed E-state index contributed by atoms with van der Waals surface area (Å²) in [4.78, 5) is 33.5. The molecule has 1 aromatic heterocycles. The zero-order valence-corrected chi connectivity index (χ0v) is 15.8. The van der Waals surface area contributed by atoms with Gasteiger partial charge in [0, 0.05) is 17.7 Å². The third-order valence-corrected chi connectivity index (χ3v) is 4.56. The molecule has 0 aliphatic rings. The van der Waals surface area contributed by atoms with E-state index in [1.54, 1.807) is 26.2 Å². The number of carbonyl (C=O) groups is 1. The van der Waals surface area contributed by atoms with Crippen LogP contribution in [-0.4, -0.2) is 34.3 Å². The number of nitrogens with zero attached hydrogens (tertiary/aromatic N) is 2. The quantitative estimate of drug-likeness (QED) is 0.651. The lowest BCUT2D eigenvalue weighted by Crippen LogP contribution is -2.25. The summed E-state index contributed by atoms with van der Waals surface area (Å²) >= 11 is 0. The van der Waals surface area contributed by atoms with E-state index in [0.29, 0.717) is 35.4 Å². The molecule has 0 saturated carbocycles. The molecule has 1 heterocycles. The van der Waals surface area contributed by atoms with Crippen LogP contribution in [0.5, 0.6) is 5.75 Å². The number of methoxy groups -OCH3 is 1. The van der Waals surface area contributed by atoms with Crippen molar-refractivity contribution in [3.8, 4) is 5.75 Å². The van der Waals surface area contributed by atoms with E-state index in [-0.39, 0.29) is 11.3 Å². The van der Waals surface area contributed by atoms with Crippen LogP contribution in [0, 0.1) is 0 Å². The zero-order valence-electron chi connectivity index (χ0n) is 15.8. The lowest BCUT2D eigenvalue weighted by atomic mass is 10.1. The van der Waals surface area contributed by atoms with Gasteiger partial charge in [0.25, 0.3) is 5.56 Å². The Kier molecular flexibility index (Phi) is 5.66. The van der Waals surface area contributed by atoms with Gasteiger partial charge in [0.1, 0.15) is 11.6 Å². The van der Waals surface area contributed by atoms with Gasteiger partial charge in [0.05, 0.1) is 24.6 Å². The molecule has 2 aromatic carbocycles. The Morgan fingerprint density at radius 3 is 2.67 bits per heavy atom. The first kappa shape index (κ1) is 18.8. The number of nitrogens with one attached hydrogen (secondary N) is 1. The summed E-state index contributed by atoms with van der Waals surface area (Å²) in [5, 5.41) is 0.583. The second kappa shape index (κ2) is 8.14. The molecule has 0 amide bonds. The number of aromatic amines is 1. The predicted octanol–water partition coefficient (Wildman–Crippen LogP) is 3.16. The number of benzene rings is 2. The second-order valence-electron chi connectivity index (χ2n) is 6.42. The van der Waals surface area contributed by atoms with Crippen molar-refractivity contribution in [2.45, 2.75) is 26.9 Å². The van der Waals surface area contributed by atoms with E-state index >= 15 is 0 Å². The number of hydrogen-bond donors (Lipinski definition) is 1. The topological polar surface area (TPSA) is 75.3 Å². The molecule has 0 spiro atoms. The molecule has 6 heteroatoms.